The van der Waals surface area contributed by atoms with Crippen molar-refractivity contribution in [2.75, 3.05) is 37.6 Å². The van der Waals surface area contributed by atoms with E-state index in [-0.39, 0.29) is 0 Å². The number of thiazole rings is 1. The van der Waals surface area contributed by atoms with Gasteiger partial charge >= 0.3 is 0 Å². The van der Waals surface area contributed by atoms with Crippen molar-refractivity contribution >= 4 is 27.2 Å². The van der Waals surface area contributed by atoms with Gasteiger partial charge < -0.3 is 9.80 Å². The zero-order chi connectivity index (χ0) is 15.6. The van der Waals surface area contributed by atoms with Gasteiger partial charge in [-0.15, -0.1) is 11.3 Å². The van der Waals surface area contributed by atoms with Crippen molar-refractivity contribution in [1.82, 2.24) is 9.88 Å². The highest BCUT2D eigenvalue weighted by atomic mass is 32.1. The molecule has 0 radical (unpaired) electrons. The zero-order valence-corrected chi connectivity index (χ0v) is 14.2. The number of anilines is 1. The smallest absolute Gasteiger partial charge is 0.124 e. The van der Waals surface area contributed by atoms with E-state index < -0.39 is 0 Å². The van der Waals surface area contributed by atoms with Crippen molar-refractivity contribution in [3.8, 4) is 10.6 Å². The average Bonchev–Trinajstić information content (AvgIpc) is 3.06. The van der Waals surface area contributed by atoms with E-state index in [1.54, 1.807) is 11.3 Å². The molecule has 4 rings (SSSR count). The van der Waals surface area contributed by atoms with Crippen LogP contribution in [0.5, 0.6) is 0 Å². The number of hydrogen-bond acceptors (Lipinski definition) is 4. The summed E-state index contributed by atoms with van der Waals surface area (Å²) in [5, 5.41) is 1.11. The first kappa shape index (κ1) is 14.7. The van der Waals surface area contributed by atoms with E-state index in [0.29, 0.717) is 0 Å². The van der Waals surface area contributed by atoms with E-state index in [9.17, 15) is 0 Å². The van der Waals surface area contributed by atoms with Gasteiger partial charge in [0.2, 0.25) is 0 Å². The summed E-state index contributed by atoms with van der Waals surface area (Å²) >= 11 is 1.76. The molecule has 1 saturated heterocycles. The van der Waals surface area contributed by atoms with Crippen molar-refractivity contribution in [1.29, 1.82) is 0 Å². The lowest BCUT2D eigenvalue weighted by Gasteiger charge is -2.35. The predicted molar refractivity (Wildman–Crippen MR) is 99.4 cm³/mol. The first-order valence-electron chi connectivity index (χ1n) is 8.27. The minimum Gasteiger partial charge on any atom is -0.369 e. The Kier molecular flexibility index (Phi) is 4.02. The minimum absolute atomic E-state index is 1.09. The van der Waals surface area contributed by atoms with Crippen LogP contribution in [0.15, 0.2) is 48.5 Å². The molecule has 4 heteroatoms. The first-order chi connectivity index (χ1) is 11.3. The summed E-state index contributed by atoms with van der Waals surface area (Å²) in [5.41, 5.74) is 3.63. The molecule has 1 aliphatic rings. The zero-order valence-electron chi connectivity index (χ0n) is 13.4. The van der Waals surface area contributed by atoms with Crippen LogP contribution < -0.4 is 4.90 Å². The molecule has 2 aromatic carbocycles. The Bertz CT molecular complexity index is 753. The maximum absolute atomic E-state index is 4.74. The molecule has 1 aliphatic heterocycles. The highest BCUT2D eigenvalue weighted by molar-refractivity contribution is 7.21. The normalized spacial score (nSPS) is 16.1. The average molecular weight is 323 g/mol. The molecule has 0 N–H and O–H groups in total. The fraction of sp³-hybridized carbons (Fsp3) is 0.316. The molecule has 1 aromatic heterocycles. The Morgan fingerprint density at radius 2 is 1.70 bits per heavy atom. The van der Waals surface area contributed by atoms with E-state index in [1.165, 1.54) is 16.0 Å². The maximum atomic E-state index is 4.74. The van der Waals surface area contributed by atoms with Crippen LogP contribution in [-0.2, 0) is 0 Å². The second-order valence-corrected chi connectivity index (χ2v) is 6.99. The fourth-order valence-electron chi connectivity index (χ4n) is 3.13. The topological polar surface area (TPSA) is 19.4 Å². The van der Waals surface area contributed by atoms with Crippen LogP contribution in [0.25, 0.3) is 20.8 Å². The lowest BCUT2D eigenvalue weighted by atomic mass is 10.2. The molecule has 23 heavy (non-hydrogen) atoms. The van der Waals surface area contributed by atoms with E-state index >= 15 is 0 Å². The van der Waals surface area contributed by atoms with Gasteiger partial charge in [-0.1, -0.05) is 19.1 Å². The molecule has 3 aromatic rings. The Balaban J connectivity index is 1.54. The Morgan fingerprint density at radius 1 is 0.957 bits per heavy atom. The molecule has 0 bridgehead atoms. The summed E-state index contributed by atoms with van der Waals surface area (Å²) in [6, 6.07) is 17.2. The van der Waals surface area contributed by atoms with Gasteiger partial charge in [-0.05, 0) is 42.9 Å². The van der Waals surface area contributed by atoms with E-state index in [4.69, 9.17) is 4.98 Å². The van der Waals surface area contributed by atoms with Crippen LogP contribution in [-0.4, -0.2) is 42.6 Å². The predicted octanol–water partition coefficient (Wildman–Crippen LogP) is 4.11. The van der Waals surface area contributed by atoms with Crippen LogP contribution in [0.4, 0.5) is 5.69 Å². The summed E-state index contributed by atoms with van der Waals surface area (Å²) in [5.74, 6) is 0. The molecule has 0 atom stereocenters. The van der Waals surface area contributed by atoms with Crippen LogP contribution in [0.2, 0.25) is 0 Å². The van der Waals surface area contributed by atoms with Crippen molar-refractivity contribution in [2.24, 2.45) is 0 Å². The molecule has 3 nitrogen and oxygen atoms in total. The van der Waals surface area contributed by atoms with Crippen LogP contribution in [0, 0.1) is 0 Å². The third kappa shape index (κ3) is 2.96. The number of nitrogens with zero attached hydrogens (tertiary/aromatic N) is 3. The standard InChI is InChI=1S/C19H21N3S/c1-2-21-11-13-22(14-12-21)16-9-7-15(8-10-16)19-20-17-5-3-4-6-18(17)23-19/h3-10H,2,11-14H2,1H3. The SMILES string of the molecule is CCN1CCN(c2ccc(-c3nc4ccccc4s3)cc2)CC1. The molecule has 0 unspecified atom stereocenters. The summed E-state index contributed by atoms with van der Waals surface area (Å²) in [6.07, 6.45) is 0. The Hall–Kier alpha value is -1.91. The minimum atomic E-state index is 1.09. The van der Waals surface area contributed by atoms with Crippen molar-refractivity contribution < 1.29 is 0 Å². The molecular formula is C19H21N3S. The first-order valence-corrected chi connectivity index (χ1v) is 9.08. The highest BCUT2D eigenvalue weighted by Crippen LogP contribution is 2.31. The summed E-state index contributed by atoms with van der Waals surface area (Å²) in [6.45, 7) is 7.96. The number of aromatic nitrogens is 1. The molecule has 0 aliphatic carbocycles. The fourth-order valence-corrected chi connectivity index (χ4v) is 4.10. The number of fused-ring (bicyclic) bond motifs is 1. The number of rotatable bonds is 3. The molecule has 2 heterocycles. The maximum Gasteiger partial charge on any atom is 0.124 e. The monoisotopic (exact) mass is 323 g/mol. The summed E-state index contributed by atoms with van der Waals surface area (Å²) < 4.78 is 1.25. The van der Waals surface area contributed by atoms with Crippen LogP contribution in [0.3, 0.4) is 0 Å². The Labute approximate surface area is 141 Å². The lowest BCUT2D eigenvalue weighted by Crippen LogP contribution is -2.46. The van der Waals surface area contributed by atoms with Crippen molar-refractivity contribution in [3.05, 3.63) is 48.5 Å². The molecular weight excluding hydrogens is 302 g/mol. The van der Waals surface area contributed by atoms with Crippen molar-refractivity contribution in [2.45, 2.75) is 6.92 Å². The van der Waals surface area contributed by atoms with Gasteiger partial charge in [-0.25, -0.2) is 4.98 Å². The second kappa shape index (κ2) is 6.30. The number of piperazine rings is 1. The summed E-state index contributed by atoms with van der Waals surface area (Å²) in [7, 11) is 0. The van der Waals surface area contributed by atoms with E-state index in [2.05, 4.69) is 59.2 Å². The Morgan fingerprint density at radius 3 is 2.39 bits per heavy atom. The summed E-state index contributed by atoms with van der Waals surface area (Å²) in [4.78, 5) is 9.73. The van der Waals surface area contributed by atoms with Gasteiger partial charge in [0.1, 0.15) is 5.01 Å². The quantitative estimate of drug-likeness (QED) is 0.723. The van der Waals surface area contributed by atoms with E-state index in [1.807, 2.05) is 6.07 Å². The highest BCUT2D eigenvalue weighted by Gasteiger charge is 2.16. The third-order valence-corrected chi connectivity index (χ3v) is 5.68. The largest absolute Gasteiger partial charge is 0.369 e. The van der Waals surface area contributed by atoms with Crippen LogP contribution in [0.1, 0.15) is 6.92 Å². The lowest BCUT2D eigenvalue weighted by molar-refractivity contribution is 0.271. The molecule has 0 saturated carbocycles. The third-order valence-electron chi connectivity index (χ3n) is 4.59. The number of para-hydroxylation sites is 1. The van der Waals surface area contributed by atoms with Gasteiger partial charge in [0, 0.05) is 37.4 Å². The molecule has 0 spiro atoms. The van der Waals surface area contributed by atoms with E-state index in [0.717, 1.165) is 43.2 Å². The van der Waals surface area contributed by atoms with Gasteiger partial charge in [0.15, 0.2) is 0 Å². The second-order valence-electron chi connectivity index (χ2n) is 5.95. The molecule has 1 fully saturated rings. The van der Waals surface area contributed by atoms with Gasteiger partial charge in [-0.2, -0.15) is 0 Å². The van der Waals surface area contributed by atoms with Gasteiger partial charge in [-0.3, -0.25) is 0 Å². The molecule has 118 valence electrons. The number of benzene rings is 2. The molecule has 0 amide bonds. The number of likely N-dealkylation sites (N-methyl/N-ethyl adjacent to an activating group) is 1. The number of hydrogen-bond donors (Lipinski definition) is 0. The van der Waals surface area contributed by atoms with Gasteiger partial charge in [0.05, 0.1) is 10.2 Å². The van der Waals surface area contributed by atoms with Crippen molar-refractivity contribution in [3.63, 3.8) is 0 Å². The van der Waals surface area contributed by atoms with Crippen LogP contribution >= 0.6 is 11.3 Å². The van der Waals surface area contributed by atoms with Gasteiger partial charge in [0.25, 0.3) is 0 Å².